The van der Waals surface area contributed by atoms with Crippen molar-refractivity contribution < 1.29 is 14.0 Å². The molecule has 0 aliphatic heterocycles. The Labute approximate surface area is 200 Å². The molecule has 1 amide bonds. The molecule has 168 valence electrons. The Bertz CT molecular complexity index is 1350. The molecule has 1 unspecified atom stereocenters. The summed E-state index contributed by atoms with van der Waals surface area (Å²) in [7, 11) is 0. The van der Waals surface area contributed by atoms with Crippen molar-refractivity contribution in [2.24, 2.45) is 0 Å². The zero-order chi connectivity index (χ0) is 23.1. The predicted molar refractivity (Wildman–Crippen MR) is 127 cm³/mol. The van der Waals surface area contributed by atoms with Crippen LogP contribution in [-0.2, 0) is 0 Å². The first-order valence-electron chi connectivity index (χ1n) is 10.6. The average Bonchev–Trinajstić information content (AvgIpc) is 3.55. The van der Waals surface area contributed by atoms with E-state index in [0.29, 0.717) is 22.2 Å². The first-order valence-corrected chi connectivity index (χ1v) is 11.4. The summed E-state index contributed by atoms with van der Waals surface area (Å²) in [4.78, 5) is 22.8. The van der Waals surface area contributed by atoms with Gasteiger partial charge in [0.05, 0.1) is 10.5 Å². The quantitative estimate of drug-likeness (QED) is 0.330. The molecule has 0 bridgehead atoms. The molecule has 1 fully saturated rings. The zero-order valence-electron chi connectivity index (χ0n) is 17.7. The van der Waals surface area contributed by atoms with Gasteiger partial charge < -0.3 is 10.2 Å². The van der Waals surface area contributed by atoms with Crippen molar-refractivity contribution in [3.05, 3.63) is 87.9 Å². The van der Waals surface area contributed by atoms with Gasteiger partial charge in [-0.25, -0.2) is 4.39 Å². The Morgan fingerprint density at radius 2 is 1.91 bits per heavy atom. The first-order chi connectivity index (χ1) is 15.9. The highest BCUT2D eigenvalue weighted by Gasteiger charge is 2.24. The second kappa shape index (κ2) is 8.69. The van der Waals surface area contributed by atoms with Crippen LogP contribution in [0.1, 0.15) is 41.8 Å². The first kappa shape index (κ1) is 21.7. The highest BCUT2D eigenvalue weighted by Crippen LogP contribution is 2.33. The van der Waals surface area contributed by atoms with Gasteiger partial charge in [-0.1, -0.05) is 35.3 Å². The maximum Gasteiger partial charge on any atom is 0.251 e. The van der Waals surface area contributed by atoms with Gasteiger partial charge in [-0.2, -0.15) is 4.73 Å². The van der Waals surface area contributed by atoms with E-state index in [0.717, 1.165) is 35.0 Å². The number of halogens is 3. The maximum absolute atomic E-state index is 13.9. The van der Waals surface area contributed by atoms with Crippen LogP contribution in [0, 0.1) is 5.82 Å². The molecule has 0 radical (unpaired) electrons. The summed E-state index contributed by atoms with van der Waals surface area (Å²) < 4.78 is 15.5. The molecular weight excluding hydrogens is 464 g/mol. The van der Waals surface area contributed by atoms with E-state index < -0.39 is 11.9 Å². The van der Waals surface area contributed by atoms with E-state index in [2.05, 4.69) is 10.3 Å². The number of pyridine rings is 1. The lowest BCUT2D eigenvalue weighted by atomic mass is 10.0. The van der Waals surface area contributed by atoms with Gasteiger partial charge in [-0.15, -0.1) is 0 Å². The number of fused-ring (bicyclic) bond motifs is 1. The number of hydrogen-bond acceptors (Lipinski definition) is 3. The topological polar surface area (TPSA) is 56.2 Å². The van der Waals surface area contributed by atoms with E-state index in [9.17, 15) is 9.18 Å². The number of nitrogens with zero attached hydrogens (tertiary/aromatic N) is 2. The third-order valence-electron chi connectivity index (χ3n) is 5.65. The average molecular weight is 484 g/mol. The summed E-state index contributed by atoms with van der Waals surface area (Å²) in [5.41, 5.74) is 4.27. The lowest BCUT2D eigenvalue weighted by Crippen LogP contribution is -2.25. The predicted octanol–water partition coefficient (Wildman–Crippen LogP) is 6.23. The second-order valence-corrected chi connectivity index (χ2v) is 8.88. The molecule has 5 nitrogen and oxygen atoms in total. The van der Waals surface area contributed by atoms with Gasteiger partial charge >= 0.3 is 0 Å². The van der Waals surface area contributed by atoms with E-state index in [1.807, 2.05) is 36.4 Å². The van der Waals surface area contributed by atoms with Gasteiger partial charge in [-0.05, 0) is 61.7 Å². The standard InChI is InChI=1S/C25H20Cl2FN3O2/c1-14(23-19(26)8-9-20(28)24(23)27)33-31-11-10-21-22(31)12-17(13-29-21)15-2-4-16(5-3-15)25(32)30-18-6-7-18/h2-5,8-14,18H,6-7H2,1H3,(H,30,32). The molecule has 1 N–H and O–H groups in total. The van der Waals surface area contributed by atoms with Gasteiger partial charge in [0.25, 0.3) is 5.91 Å². The number of nitrogens with one attached hydrogen (secondary N) is 1. The number of rotatable bonds is 6. The molecule has 33 heavy (non-hydrogen) atoms. The maximum atomic E-state index is 13.9. The zero-order valence-corrected chi connectivity index (χ0v) is 19.2. The van der Waals surface area contributed by atoms with Gasteiger partial charge in [0, 0.05) is 40.1 Å². The number of carbonyl (C=O) groups excluding carboxylic acids is 1. The minimum absolute atomic E-state index is 0.0523. The second-order valence-electron chi connectivity index (χ2n) is 8.10. The minimum atomic E-state index is -0.607. The van der Waals surface area contributed by atoms with E-state index in [4.69, 9.17) is 28.0 Å². The monoisotopic (exact) mass is 483 g/mol. The number of carbonyl (C=O) groups is 1. The summed E-state index contributed by atoms with van der Waals surface area (Å²) in [6.07, 6.45) is 5.00. The molecule has 0 spiro atoms. The Kier molecular flexibility index (Phi) is 5.72. The molecular formula is C25H20Cl2FN3O2. The Morgan fingerprint density at radius 3 is 2.64 bits per heavy atom. The van der Waals surface area contributed by atoms with E-state index in [1.54, 1.807) is 24.0 Å². The van der Waals surface area contributed by atoms with E-state index in [-0.39, 0.29) is 10.9 Å². The molecule has 1 aliphatic rings. The molecule has 0 saturated heterocycles. The number of amides is 1. The molecule has 1 atom stereocenters. The number of aromatic nitrogens is 2. The highest BCUT2D eigenvalue weighted by atomic mass is 35.5. The van der Waals surface area contributed by atoms with Crippen molar-refractivity contribution in [2.45, 2.75) is 31.9 Å². The lowest BCUT2D eigenvalue weighted by Gasteiger charge is -2.19. The molecule has 1 saturated carbocycles. The van der Waals surface area contributed by atoms with Crippen LogP contribution in [0.3, 0.4) is 0 Å². The molecule has 1 aliphatic carbocycles. The molecule has 4 aromatic rings. The van der Waals surface area contributed by atoms with Gasteiger partial charge in [0.15, 0.2) is 6.10 Å². The van der Waals surface area contributed by atoms with Crippen molar-refractivity contribution in [3.8, 4) is 11.1 Å². The summed E-state index contributed by atoms with van der Waals surface area (Å²) >= 11 is 12.4. The van der Waals surface area contributed by atoms with Gasteiger partial charge in [0.1, 0.15) is 11.3 Å². The van der Waals surface area contributed by atoms with Crippen molar-refractivity contribution in [2.75, 3.05) is 0 Å². The SMILES string of the molecule is CC(On1ccc2ncc(-c3ccc(C(=O)NC4CC4)cc3)cc21)c1c(Cl)ccc(F)c1Cl. The third kappa shape index (κ3) is 4.41. The normalized spacial score (nSPS) is 14.3. The Balaban J connectivity index is 1.41. The molecule has 2 aromatic heterocycles. The minimum Gasteiger partial charge on any atom is -0.406 e. The van der Waals surface area contributed by atoms with Crippen LogP contribution < -0.4 is 10.2 Å². The van der Waals surface area contributed by atoms with Crippen LogP contribution in [0.2, 0.25) is 10.0 Å². The fraction of sp³-hybridized carbons (Fsp3) is 0.200. The number of benzene rings is 2. The highest BCUT2D eigenvalue weighted by molar-refractivity contribution is 6.36. The van der Waals surface area contributed by atoms with E-state index in [1.165, 1.54) is 12.1 Å². The van der Waals surface area contributed by atoms with Gasteiger partial charge in [0.2, 0.25) is 0 Å². The van der Waals surface area contributed by atoms with Crippen LogP contribution in [0.4, 0.5) is 4.39 Å². The smallest absolute Gasteiger partial charge is 0.251 e. The fourth-order valence-electron chi connectivity index (χ4n) is 3.69. The van der Waals surface area contributed by atoms with Crippen LogP contribution >= 0.6 is 23.2 Å². The van der Waals surface area contributed by atoms with Crippen LogP contribution in [0.25, 0.3) is 22.2 Å². The van der Waals surface area contributed by atoms with Crippen molar-refractivity contribution >= 4 is 40.1 Å². The van der Waals surface area contributed by atoms with Crippen LogP contribution in [-0.4, -0.2) is 21.7 Å². The Hall–Kier alpha value is -3.09. The molecule has 2 heterocycles. The fourth-order valence-corrected chi connectivity index (χ4v) is 4.36. The third-order valence-corrected chi connectivity index (χ3v) is 6.37. The van der Waals surface area contributed by atoms with Crippen molar-refractivity contribution in [3.63, 3.8) is 0 Å². The van der Waals surface area contributed by atoms with Crippen LogP contribution in [0.5, 0.6) is 0 Å². The van der Waals surface area contributed by atoms with Crippen LogP contribution in [0.15, 0.2) is 60.9 Å². The molecule has 8 heteroatoms. The van der Waals surface area contributed by atoms with E-state index >= 15 is 0 Å². The molecule has 5 rings (SSSR count). The van der Waals surface area contributed by atoms with Crippen molar-refractivity contribution in [1.82, 2.24) is 15.0 Å². The summed E-state index contributed by atoms with van der Waals surface area (Å²) in [5, 5.41) is 3.26. The summed E-state index contributed by atoms with van der Waals surface area (Å²) in [6, 6.07) is 14.2. The Morgan fingerprint density at radius 1 is 1.15 bits per heavy atom. The largest absolute Gasteiger partial charge is 0.406 e. The molecule has 2 aromatic carbocycles. The lowest BCUT2D eigenvalue weighted by molar-refractivity contribution is 0.0562. The summed E-state index contributed by atoms with van der Waals surface area (Å²) in [6.45, 7) is 1.75. The van der Waals surface area contributed by atoms with Gasteiger partial charge in [-0.3, -0.25) is 9.78 Å². The van der Waals surface area contributed by atoms with Crippen molar-refractivity contribution in [1.29, 1.82) is 0 Å². The summed E-state index contributed by atoms with van der Waals surface area (Å²) in [5.74, 6) is -0.606. The number of hydrogen-bond donors (Lipinski definition) is 1.